The van der Waals surface area contributed by atoms with Gasteiger partial charge in [-0.3, -0.25) is 0 Å². The maximum atomic E-state index is 11.4. The minimum Gasteiger partial charge on any atom is -0.790 e. The molecule has 0 aliphatic rings. The molecule has 2 rings (SSSR count). The molecule has 0 heterocycles. The third-order valence-corrected chi connectivity index (χ3v) is 4.37. The molecule has 0 aliphatic heterocycles. The van der Waals surface area contributed by atoms with Gasteiger partial charge in [0.2, 0.25) is 0 Å². The summed E-state index contributed by atoms with van der Waals surface area (Å²) >= 11 is 0. The highest BCUT2D eigenvalue weighted by atomic mass is 31.2. The fraction of sp³-hybridized carbons (Fsp3) is 0.294. The van der Waals surface area contributed by atoms with Gasteiger partial charge in [-0.2, -0.15) is 0 Å². The van der Waals surface area contributed by atoms with Crippen molar-refractivity contribution in [1.82, 2.24) is 0 Å². The van der Waals surface area contributed by atoms with E-state index in [0.717, 1.165) is 17.5 Å². The van der Waals surface area contributed by atoms with Crippen molar-refractivity contribution < 1.29 is 18.9 Å². The van der Waals surface area contributed by atoms with Crippen molar-refractivity contribution >= 4 is 7.82 Å². The summed E-state index contributed by atoms with van der Waals surface area (Å²) in [6.07, 6.45) is 1.05. The Bertz CT molecular complexity index is 665. The number of phosphoric acid groups is 1. The molecule has 0 aromatic heterocycles. The molecule has 0 amide bonds. The van der Waals surface area contributed by atoms with Crippen LogP contribution in [0.2, 0.25) is 0 Å². The highest BCUT2D eigenvalue weighted by Gasteiger charge is 2.36. The Balaban J connectivity index is 2.71. The monoisotopic (exact) mass is 318 g/mol. The zero-order valence-corrected chi connectivity index (χ0v) is 13.6. The minimum atomic E-state index is -5.17. The van der Waals surface area contributed by atoms with Crippen molar-refractivity contribution in [3.8, 4) is 0 Å². The van der Waals surface area contributed by atoms with Gasteiger partial charge in [0.15, 0.2) is 0 Å². The molecule has 0 bridgehead atoms. The zero-order valence-electron chi connectivity index (χ0n) is 12.7. The first-order chi connectivity index (χ1) is 10.4. The maximum absolute atomic E-state index is 11.4. The maximum Gasteiger partial charge on any atom is 0.123 e. The van der Waals surface area contributed by atoms with Crippen LogP contribution in [0.5, 0.6) is 0 Å². The summed E-state index contributed by atoms with van der Waals surface area (Å²) in [5.74, 6) is 0. The summed E-state index contributed by atoms with van der Waals surface area (Å²) in [6, 6.07) is 16.5. The summed E-state index contributed by atoms with van der Waals surface area (Å²) < 4.78 is 16.5. The van der Waals surface area contributed by atoms with Gasteiger partial charge in [0, 0.05) is 0 Å². The summed E-state index contributed by atoms with van der Waals surface area (Å²) in [7, 11) is -5.17. The van der Waals surface area contributed by atoms with Gasteiger partial charge < -0.3 is 18.9 Å². The second-order valence-electron chi connectivity index (χ2n) is 5.10. The number of rotatable bonds is 6. The smallest absolute Gasteiger partial charge is 0.123 e. The van der Waals surface area contributed by atoms with Crippen LogP contribution in [0.1, 0.15) is 37.0 Å². The molecule has 118 valence electrons. The van der Waals surface area contributed by atoms with E-state index >= 15 is 0 Å². The SMILES string of the molecule is CCc1ccccc1[C@](CC)(OP(=O)([O-])[O-])c1ccccc1. The summed E-state index contributed by atoms with van der Waals surface area (Å²) in [5, 5.41) is 0. The molecule has 0 saturated heterocycles. The van der Waals surface area contributed by atoms with E-state index in [-0.39, 0.29) is 0 Å². The van der Waals surface area contributed by atoms with Gasteiger partial charge in [-0.05, 0) is 29.5 Å². The summed E-state index contributed by atoms with van der Waals surface area (Å²) in [6.45, 7) is 3.80. The van der Waals surface area contributed by atoms with E-state index in [0.29, 0.717) is 12.0 Å². The van der Waals surface area contributed by atoms with Gasteiger partial charge in [0.05, 0.1) is 7.82 Å². The highest BCUT2D eigenvalue weighted by Crippen LogP contribution is 2.47. The predicted octanol–water partition coefficient (Wildman–Crippen LogP) is 2.75. The van der Waals surface area contributed by atoms with Crippen molar-refractivity contribution in [1.29, 1.82) is 0 Å². The van der Waals surface area contributed by atoms with E-state index in [1.165, 1.54) is 0 Å². The third kappa shape index (κ3) is 3.47. The Hall–Kier alpha value is -1.45. The molecule has 4 nitrogen and oxygen atoms in total. The molecule has 0 radical (unpaired) electrons. The van der Waals surface area contributed by atoms with Crippen LogP contribution < -0.4 is 9.79 Å². The van der Waals surface area contributed by atoms with Crippen LogP contribution in [0.15, 0.2) is 54.6 Å². The first-order valence-electron chi connectivity index (χ1n) is 7.29. The summed E-state index contributed by atoms with van der Waals surface area (Å²) in [4.78, 5) is 22.8. The predicted molar refractivity (Wildman–Crippen MR) is 82.0 cm³/mol. The average molecular weight is 318 g/mol. The highest BCUT2D eigenvalue weighted by molar-refractivity contribution is 7.43. The largest absolute Gasteiger partial charge is 0.790 e. The molecule has 0 unspecified atom stereocenters. The van der Waals surface area contributed by atoms with Gasteiger partial charge >= 0.3 is 0 Å². The minimum absolute atomic E-state index is 0.336. The Morgan fingerprint density at radius 3 is 2.14 bits per heavy atom. The van der Waals surface area contributed by atoms with E-state index in [9.17, 15) is 14.4 Å². The Kier molecular flexibility index (Phi) is 5.20. The first-order valence-corrected chi connectivity index (χ1v) is 8.75. The second kappa shape index (κ2) is 6.76. The molecule has 5 heteroatoms. The van der Waals surface area contributed by atoms with Gasteiger partial charge in [-0.1, -0.05) is 68.4 Å². The van der Waals surface area contributed by atoms with E-state index in [1.807, 2.05) is 44.2 Å². The second-order valence-corrected chi connectivity index (χ2v) is 6.17. The standard InChI is InChI=1S/C17H21O4P/c1-3-14-10-8-9-13-16(14)17(4-2,21-22(18,19)20)15-11-6-5-7-12-15/h5-13H,3-4H2,1-2H3,(H2,18,19,20)/p-2/t17-/m1/s1. The van der Waals surface area contributed by atoms with Crippen molar-refractivity contribution in [3.63, 3.8) is 0 Å². The molecule has 0 N–H and O–H groups in total. The topological polar surface area (TPSA) is 72.4 Å². The van der Waals surface area contributed by atoms with Crippen LogP contribution in [0.4, 0.5) is 0 Å². The first kappa shape index (κ1) is 16.9. The lowest BCUT2D eigenvalue weighted by molar-refractivity contribution is -0.349. The summed E-state index contributed by atoms with van der Waals surface area (Å²) in [5.41, 5.74) is 1.05. The normalized spacial score (nSPS) is 14.5. The molecule has 0 spiro atoms. The van der Waals surface area contributed by atoms with E-state index < -0.39 is 13.4 Å². The van der Waals surface area contributed by atoms with Crippen LogP contribution in [0, 0.1) is 0 Å². The van der Waals surface area contributed by atoms with Crippen molar-refractivity contribution in [3.05, 3.63) is 71.3 Å². The van der Waals surface area contributed by atoms with Crippen LogP contribution in [-0.4, -0.2) is 0 Å². The van der Waals surface area contributed by atoms with Crippen molar-refractivity contribution in [2.45, 2.75) is 32.3 Å². The molecule has 1 atom stereocenters. The zero-order chi connectivity index (χ0) is 16.2. The van der Waals surface area contributed by atoms with Crippen LogP contribution in [0.3, 0.4) is 0 Å². The molecule has 2 aromatic carbocycles. The van der Waals surface area contributed by atoms with Gasteiger partial charge in [-0.15, -0.1) is 0 Å². The number of aryl methyl sites for hydroxylation is 1. The number of hydrogen-bond acceptors (Lipinski definition) is 4. The Morgan fingerprint density at radius 1 is 1.00 bits per heavy atom. The number of benzene rings is 2. The van der Waals surface area contributed by atoms with Gasteiger partial charge in [0.1, 0.15) is 5.60 Å². The van der Waals surface area contributed by atoms with E-state index in [1.54, 1.807) is 24.3 Å². The Labute approximate surface area is 131 Å². The molecule has 0 fully saturated rings. The van der Waals surface area contributed by atoms with E-state index in [4.69, 9.17) is 4.52 Å². The Morgan fingerprint density at radius 2 is 1.59 bits per heavy atom. The van der Waals surface area contributed by atoms with Gasteiger partial charge in [-0.25, -0.2) is 0 Å². The lowest BCUT2D eigenvalue weighted by Crippen LogP contribution is -2.35. The lowest BCUT2D eigenvalue weighted by atomic mass is 9.81. The molecule has 2 aromatic rings. The molecular weight excluding hydrogens is 299 g/mol. The quantitative estimate of drug-likeness (QED) is 0.768. The van der Waals surface area contributed by atoms with E-state index in [2.05, 4.69) is 0 Å². The van der Waals surface area contributed by atoms with Crippen LogP contribution in [0.25, 0.3) is 0 Å². The third-order valence-electron chi connectivity index (χ3n) is 3.84. The van der Waals surface area contributed by atoms with Crippen LogP contribution >= 0.6 is 7.82 Å². The molecule has 22 heavy (non-hydrogen) atoms. The fourth-order valence-corrected chi connectivity index (χ4v) is 3.55. The molecule has 0 aliphatic carbocycles. The van der Waals surface area contributed by atoms with Gasteiger partial charge in [0.25, 0.3) is 0 Å². The fourth-order valence-electron chi connectivity index (χ4n) is 2.84. The number of phosphoric ester groups is 1. The molecule has 0 saturated carbocycles. The average Bonchev–Trinajstić information content (AvgIpc) is 2.52. The molecular formula is C17H19O4P-2. The van der Waals surface area contributed by atoms with Crippen molar-refractivity contribution in [2.24, 2.45) is 0 Å². The van der Waals surface area contributed by atoms with Crippen molar-refractivity contribution in [2.75, 3.05) is 0 Å². The van der Waals surface area contributed by atoms with Crippen LogP contribution in [-0.2, 0) is 21.1 Å². The lowest BCUT2D eigenvalue weighted by Gasteiger charge is -2.43. The number of hydrogen-bond donors (Lipinski definition) is 0.